The molecule has 0 bridgehead atoms. The maximum absolute atomic E-state index is 12.6. The molecule has 1 N–H and O–H groups in total. The van der Waals surface area contributed by atoms with Gasteiger partial charge in [-0.05, 0) is 38.1 Å². The number of carbonyl (C=O) groups excluding carboxylic acids is 2. The Morgan fingerprint density at radius 3 is 2.37 bits per heavy atom. The van der Waals surface area contributed by atoms with Crippen molar-refractivity contribution < 1.29 is 19.1 Å². The van der Waals surface area contributed by atoms with Crippen LogP contribution in [0.15, 0.2) is 54.6 Å². The number of nitrogens with zero attached hydrogens (tertiary/aromatic N) is 1. The maximum atomic E-state index is 12.6. The minimum absolute atomic E-state index is 0.00152. The van der Waals surface area contributed by atoms with Gasteiger partial charge in [0.1, 0.15) is 5.75 Å². The smallest absolute Gasteiger partial charge is 0.260 e. The molecule has 0 saturated carbocycles. The van der Waals surface area contributed by atoms with E-state index in [9.17, 15) is 9.59 Å². The lowest BCUT2D eigenvalue weighted by molar-refractivity contribution is -0.145. The fourth-order valence-corrected chi connectivity index (χ4v) is 3.11. The van der Waals surface area contributed by atoms with Gasteiger partial charge in [0.05, 0.1) is 17.8 Å². The highest BCUT2D eigenvalue weighted by atomic mass is 16.5. The first-order valence-electron chi connectivity index (χ1n) is 9.04. The average molecular weight is 368 g/mol. The van der Waals surface area contributed by atoms with Crippen molar-refractivity contribution in [3.8, 4) is 5.75 Å². The van der Waals surface area contributed by atoms with Crippen LogP contribution in [0, 0.1) is 0 Å². The van der Waals surface area contributed by atoms with E-state index in [1.807, 2.05) is 44.2 Å². The summed E-state index contributed by atoms with van der Waals surface area (Å²) in [5.41, 5.74) is 1.09. The summed E-state index contributed by atoms with van der Waals surface area (Å²) in [5, 5.41) is 2.83. The van der Waals surface area contributed by atoms with Gasteiger partial charge in [-0.25, -0.2) is 0 Å². The Hall–Kier alpha value is -2.86. The number of anilines is 1. The first kappa shape index (κ1) is 18.9. The highest BCUT2D eigenvalue weighted by Crippen LogP contribution is 2.20. The Kier molecular flexibility index (Phi) is 6.08. The van der Waals surface area contributed by atoms with Crippen molar-refractivity contribution in [1.82, 2.24) is 4.90 Å². The molecular formula is C21H24N2O4. The van der Waals surface area contributed by atoms with Gasteiger partial charge in [0.2, 0.25) is 0 Å². The monoisotopic (exact) mass is 368 g/mol. The Bertz CT molecular complexity index is 784. The number of para-hydroxylation sites is 2. The van der Waals surface area contributed by atoms with Gasteiger partial charge in [-0.2, -0.15) is 0 Å². The van der Waals surface area contributed by atoms with Crippen LogP contribution in [0.3, 0.4) is 0 Å². The minimum atomic E-state index is -0.280. The molecule has 1 saturated heterocycles. The Balaban J connectivity index is 1.64. The predicted octanol–water partition coefficient (Wildman–Crippen LogP) is 2.95. The minimum Gasteiger partial charge on any atom is -0.483 e. The highest BCUT2D eigenvalue weighted by molar-refractivity contribution is 6.06. The molecule has 6 nitrogen and oxygen atoms in total. The summed E-state index contributed by atoms with van der Waals surface area (Å²) < 4.78 is 11.3. The second kappa shape index (κ2) is 8.68. The van der Waals surface area contributed by atoms with Crippen molar-refractivity contribution in [2.24, 2.45) is 0 Å². The molecule has 2 unspecified atom stereocenters. The van der Waals surface area contributed by atoms with E-state index in [1.165, 1.54) is 0 Å². The second-order valence-electron chi connectivity index (χ2n) is 6.66. The van der Waals surface area contributed by atoms with Gasteiger partial charge >= 0.3 is 0 Å². The van der Waals surface area contributed by atoms with Crippen LogP contribution in [-0.4, -0.2) is 48.6 Å². The third-order valence-corrected chi connectivity index (χ3v) is 4.29. The highest BCUT2D eigenvalue weighted by Gasteiger charge is 2.26. The summed E-state index contributed by atoms with van der Waals surface area (Å²) in [6.07, 6.45) is 0.00303. The quantitative estimate of drug-likeness (QED) is 0.881. The van der Waals surface area contributed by atoms with E-state index >= 15 is 0 Å². The molecule has 0 aromatic heterocycles. The van der Waals surface area contributed by atoms with Crippen LogP contribution in [0.25, 0.3) is 0 Å². The molecule has 0 spiro atoms. The molecule has 1 aliphatic heterocycles. The lowest BCUT2D eigenvalue weighted by Gasteiger charge is -2.35. The van der Waals surface area contributed by atoms with Gasteiger partial charge in [0.25, 0.3) is 11.8 Å². The lowest BCUT2D eigenvalue weighted by atomic mass is 10.2. The van der Waals surface area contributed by atoms with Gasteiger partial charge in [-0.3, -0.25) is 9.59 Å². The van der Waals surface area contributed by atoms with Crippen molar-refractivity contribution in [3.63, 3.8) is 0 Å². The zero-order chi connectivity index (χ0) is 19.2. The third-order valence-electron chi connectivity index (χ3n) is 4.29. The molecule has 2 atom stereocenters. The first-order valence-corrected chi connectivity index (χ1v) is 9.04. The number of nitrogens with one attached hydrogen (secondary N) is 1. The molecule has 3 rings (SSSR count). The predicted molar refractivity (Wildman–Crippen MR) is 103 cm³/mol. The van der Waals surface area contributed by atoms with Crippen LogP contribution in [-0.2, 0) is 9.53 Å². The van der Waals surface area contributed by atoms with E-state index in [1.54, 1.807) is 29.2 Å². The van der Waals surface area contributed by atoms with Crippen LogP contribution in [0.2, 0.25) is 0 Å². The molecular weight excluding hydrogens is 344 g/mol. The SMILES string of the molecule is CC1CN(C(=O)COc2ccccc2C(=O)Nc2ccccc2)CC(C)O1. The molecule has 0 aliphatic carbocycles. The zero-order valence-electron chi connectivity index (χ0n) is 15.6. The number of carbonyl (C=O) groups is 2. The van der Waals surface area contributed by atoms with Crippen LogP contribution < -0.4 is 10.1 Å². The normalized spacial score (nSPS) is 19.4. The Labute approximate surface area is 159 Å². The molecule has 2 amide bonds. The van der Waals surface area contributed by atoms with Crippen LogP contribution in [0.5, 0.6) is 5.75 Å². The number of benzene rings is 2. The molecule has 6 heteroatoms. The summed E-state index contributed by atoms with van der Waals surface area (Å²) in [6.45, 7) is 4.86. The number of hydrogen-bond donors (Lipinski definition) is 1. The van der Waals surface area contributed by atoms with Crippen LogP contribution in [0.4, 0.5) is 5.69 Å². The molecule has 1 aliphatic rings. The van der Waals surface area contributed by atoms with Crippen molar-refractivity contribution in [1.29, 1.82) is 0 Å². The van der Waals surface area contributed by atoms with E-state index in [4.69, 9.17) is 9.47 Å². The average Bonchev–Trinajstić information content (AvgIpc) is 2.66. The standard InChI is InChI=1S/C21H24N2O4/c1-15-12-23(13-16(2)27-15)20(24)14-26-19-11-7-6-10-18(19)21(25)22-17-8-4-3-5-9-17/h3-11,15-16H,12-14H2,1-2H3,(H,22,25). The van der Waals surface area contributed by atoms with Gasteiger partial charge in [-0.1, -0.05) is 30.3 Å². The Morgan fingerprint density at radius 2 is 1.67 bits per heavy atom. The maximum Gasteiger partial charge on any atom is 0.260 e. The first-order chi connectivity index (χ1) is 13.0. The molecule has 1 heterocycles. The number of amides is 2. The fraction of sp³-hybridized carbons (Fsp3) is 0.333. The van der Waals surface area contributed by atoms with E-state index in [0.717, 1.165) is 0 Å². The van der Waals surface area contributed by atoms with Gasteiger partial charge in [-0.15, -0.1) is 0 Å². The third kappa shape index (κ3) is 5.08. The summed E-state index contributed by atoms with van der Waals surface area (Å²) in [7, 11) is 0. The number of morpholine rings is 1. The Morgan fingerprint density at radius 1 is 1.04 bits per heavy atom. The molecule has 142 valence electrons. The number of rotatable bonds is 5. The summed E-state index contributed by atoms with van der Waals surface area (Å²) in [6, 6.07) is 16.1. The molecule has 1 fully saturated rings. The van der Waals surface area contributed by atoms with E-state index in [-0.39, 0.29) is 30.6 Å². The van der Waals surface area contributed by atoms with Crippen molar-refractivity contribution in [2.75, 3.05) is 25.0 Å². The molecule has 2 aromatic rings. The number of hydrogen-bond acceptors (Lipinski definition) is 4. The lowest BCUT2D eigenvalue weighted by Crippen LogP contribution is -2.49. The fourth-order valence-electron chi connectivity index (χ4n) is 3.11. The molecule has 27 heavy (non-hydrogen) atoms. The topological polar surface area (TPSA) is 67.9 Å². The van der Waals surface area contributed by atoms with Crippen molar-refractivity contribution >= 4 is 17.5 Å². The summed E-state index contributed by atoms with van der Waals surface area (Å²) in [5.74, 6) is -0.0122. The summed E-state index contributed by atoms with van der Waals surface area (Å²) in [4.78, 5) is 26.8. The van der Waals surface area contributed by atoms with E-state index in [2.05, 4.69) is 5.32 Å². The van der Waals surface area contributed by atoms with E-state index < -0.39 is 0 Å². The summed E-state index contributed by atoms with van der Waals surface area (Å²) >= 11 is 0. The largest absolute Gasteiger partial charge is 0.483 e. The van der Waals surface area contributed by atoms with Gasteiger partial charge < -0.3 is 19.7 Å². The van der Waals surface area contributed by atoms with E-state index in [0.29, 0.717) is 30.1 Å². The molecule has 2 aromatic carbocycles. The second-order valence-corrected chi connectivity index (χ2v) is 6.66. The van der Waals surface area contributed by atoms with Crippen LogP contribution in [0.1, 0.15) is 24.2 Å². The van der Waals surface area contributed by atoms with Crippen molar-refractivity contribution in [3.05, 3.63) is 60.2 Å². The van der Waals surface area contributed by atoms with Crippen molar-refractivity contribution in [2.45, 2.75) is 26.1 Å². The zero-order valence-corrected chi connectivity index (χ0v) is 15.6. The number of ether oxygens (including phenoxy) is 2. The van der Waals surface area contributed by atoms with Gasteiger partial charge in [0.15, 0.2) is 6.61 Å². The van der Waals surface area contributed by atoms with Crippen LogP contribution >= 0.6 is 0 Å². The molecule has 0 radical (unpaired) electrons. The van der Waals surface area contributed by atoms with Gasteiger partial charge in [0, 0.05) is 18.8 Å².